The van der Waals surface area contributed by atoms with Crippen LogP contribution in [0.5, 0.6) is 0 Å². The number of hydrogen-bond acceptors (Lipinski definition) is 4. The Morgan fingerprint density at radius 3 is 2.10 bits per heavy atom. The van der Waals surface area contributed by atoms with Crippen LogP contribution in [0.1, 0.15) is 39.7 Å². The van der Waals surface area contributed by atoms with Gasteiger partial charge in [-0.3, -0.25) is 13.9 Å². The summed E-state index contributed by atoms with van der Waals surface area (Å²) in [6.07, 6.45) is 0.261. The molecule has 220 valence electrons. The Bertz CT molecular complexity index is 1510. The van der Waals surface area contributed by atoms with Crippen LogP contribution in [-0.4, -0.2) is 43.3 Å². The second kappa shape index (κ2) is 13.7. The van der Waals surface area contributed by atoms with Gasteiger partial charge in [0.1, 0.15) is 12.6 Å². The highest BCUT2D eigenvalue weighted by molar-refractivity contribution is 7.92. The summed E-state index contributed by atoms with van der Waals surface area (Å²) in [6.45, 7) is 6.58. The van der Waals surface area contributed by atoms with Crippen molar-refractivity contribution < 1.29 is 18.0 Å². The van der Waals surface area contributed by atoms with Crippen molar-refractivity contribution in [2.45, 2.75) is 57.1 Å². The molecule has 0 saturated carbocycles. The van der Waals surface area contributed by atoms with E-state index in [0.29, 0.717) is 15.6 Å². The molecule has 7 nitrogen and oxygen atoms in total. The lowest BCUT2D eigenvalue weighted by Crippen LogP contribution is -2.55. The molecule has 3 rings (SSSR count). The van der Waals surface area contributed by atoms with Crippen LogP contribution in [0.15, 0.2) is 71.6 Å². The van der Waals surface area contributed by atoms with Crippen LogP contribution in [-0.2, 0) is 26.2 Å². The zero-order chi connectivity index (χ0) is 30.5. The quantitative estimate of drug-likeness (QED) is 0.249. The summed E-state index contributed by atoms with van der Waals surface area (Å²) in [5.41, 5.74) is 0.103. The van der Waals surface area contributed by atoms with Crippen molar-refractivity contribution in [3.8, 4) is 0 Å². The Labute approximate surface area is 261 Å². The minimum absolute atomic E-state index is 0.0244. The Morgan fingerprint density at radius 2 is 1.54 bits per heavy atom. The van der Waals surface area contributed by atoms with Gasteiger partial charge in [0, 0.05) is 22.1 Å². The maximum atomic E-state index is 14.1. The third-order valence-electron chi connectivity index (χ3n) is 6.04. The molecule has 0 radical (unpaired) electrons. The summed E-state index contributed by atoms with van der Waals surface area (Å²) < 4.78 is 28.7. The fourth-order valence-corrected chi connectivity index (χ4v) is 6.28. The van der Waals surface area contributed by atoms with Gasteiger partial charge in [0.2, 0.25) is 11.8 Å². The SMILES string of the molecule is CCC(C(=O)NC(C)(C)C)N(Cc1ccc(Cl)cc1Cl)C(=O)CN(c1ccc(Cl)c(Cl)c1)S(=O)(=O)c1ccccc1. The molecule has 0 aliphatic carbocycles. The van der Waals surface area contributed by atoms with E-state index in [9.17, 15) is 18.0 Å². The molecule has 0 heterocycles. The van der Waals surface area contributed by atoms with E-state index in [0.717, 1.165) is 4.31 Å². The highest BCUT2D eigenvalue weighted by atomic mass is 35.5. The van der Waals surface area contributed by atoms with Crippen molar-refractivity contribution in [1.29, 1.82) is 0 Å². The zero-order valence-corrected chi connectivity index (χ0v) is 26.8. The van der Waals surface area contributed by atoms with Gasteiger partial charge >= 0.3 is 0 Å². The van der Waals surface area contributed by atoms with Crippen molar-refractivity contribution in [2.75, 3.05) is 10.8 Å². The number of halogens is 4. The van der Waals surface area contributed by atoms with Gasteiger partial charge in [0.25, 0.3) is 10.0 Å². The fourth-order valence-electron chi connectivity index (χ4n) is 4.09. The minimum Gasteiger partial charge on any atom is -0.350 e. The van der Waals surface area contributed by atoms with E-state index in [4.69, 9.17) is 46.4 Å². The summed E-state index contributed by atoms with van der Waals surface area (Å²) in [6, 6.07) is 15.9. The van der Waals surface area contributed by atoms with Crippen LogP contribution < -0.4 is 9.62 Å². The second-order valence-electron chi connectivity index (χ2n) is 10.3. The summed E-state index contributed by atoms with van der Waals surface area (Å²) in [7, 11) is -4.24. The third kappa shape index (κ3) is 8.52. The van der Waals surface area contributed by atoms with E-state index in [1.54, 1.807) is 43.3 Å². The number of anilines is 1. The lowest BCUT2D eigenvalue weighted by molar-refractivity contribution is -0.141. The Hall–Kier alpha value is -2.49. The molecule has 12 heteroatoms. The van der Waals surface area contributed by atoms with Gasteiger partial charge in [-0.15, -0.1) is 0 Å². The smallest absolute Gasteiger partial charge is 0.264 e. The summed E-state index contributed by atoms with van der Waals surface area (Å²) >= 11 is 24.9. The van der Waals surface area contributed by atoms with E-state index < -0.39 is 34.1 Å². The highest BCUT2D eigenvalue weighted by Crippen LogP contribution is 2.31. The van der Waals surface area contributed by atoms with E-state index in [2.05, 4.69) is 5.32 Å². The molecule has 0 aromatic heterocycles. The predicted octanol–water partition coefficient (Wildman–Crippen LogP) is 7.22. The molecule has 1 unspecified atom stereocenters. The first-order valence-corrected chi connectivity index (χ1v) is 15.7. The molecule has 41 heavy (non-hydrogen) atoms. The molecule has 0 saturated heterocycles. The second-order valence-corrected chi connectivity index (χ2v) is 13.9. The molecule has 0 spiro atoms. The average molecular weight is 659 g/mol. The topological polar surface area (TPSA) is 86.8 Å². The van der Waals surface area contributed by atoms with Crippen molar-refractivity contribution >= 4 is 73.9 Å². The standard InChI is InChI=1S/C29H31Cl4N3O4S/c1-5-26(28(38)34-29(2,3)4)35(17-19-11-12-20(30)15-24(19)32)27(37)18-36(21-13-14-23(31)25(33)16-21)41(39,40)22-9-7-6-8-10-22/h6-16,26H,5,17-18H2,1-4H3,(H,34,38). The van der Waals surface area contributed by atoms with Crippen LogP contribution in [0, 0.1) is 0 Å². The van der Waals surface area contributed by atoms with Gasteiger partial charge in [-0.05, 0) is 75.2 Å². The molecule has 3 aromatic carbocycles. The number of carbonyl (C=O) groups excluding carboxylic acids is 2. The molecule has 0 fully saturated rings. The van der Waals surface area contributed by atoms with Crippen LogP contribution in [0.2, 0.25) is 20.1 Å². The van der Waals surface area contributed by atoms with Crippen molar-refractivity contribution in [2.24, 2.45) is 0 Å². The number of hydrogen-bond donors (Lipinski definition) is 1. The number of nitrogens with one attached hydrogen (secondary N) is 1. The molecule has 0 aliphatic heterocycles. The van der Waals surface area contributed by atoms with Crippen molar-refractivity contribution in [1.82, 2.24) is 10.2 Å². The van der Waals surface area contributed by atoms with Crippen molar-refractivity contribution in [3.63, 3.8) is 0 Å². The van der Waals surface area contributed by atoms with Gasteiger partial charge in [-0.25, -0.2) is 8.42 Å². The van der Waals surface area contributed by atoms with Gasteiger partial charge in [-0.2, -0.15) is 0 Å². The van der Waals surface area contributed by atoms with Gasteiger partial charge in [0.05, 0.1) is 20.6 Å². The number of rotatable bonds is 10. The van der Waals surface area contributed by atoms with Gasteiger partial charge in [0.15, 0.2) is 0 Å². The lowest BCUT2D eigenvalue weighted by atomic mass is 10.1. The Morgan fingerprint density at radius 1 is 0.878 bits per heavy atom. The first-order valence-electron chi connectivity index (χ1n) is 12.7. The third-order valence-corrected chi connectivity index (χ3v) is 9.16. The number of benzene rings is 3. The van der Waals surface area contributed by atoms with E-state index >= 15 is 0 Å². The van der Waals surface area contributed by atoms with Crippen LogP contribution >= 0.6 is 46.4 Å². The fraction of sp³-hybridized carbons (Fsp3) is 0.310. The maximum absolute atomic E-state index is 14.1. The molecule has 2 amide bonds. The number of amides is 2. The van der Waals surface area contributed by atoms with Crippen LogP contribution in [0.4, 0.5) is 5.69 Å². The normalized spacial score (nSPS) is 12.5. The maximum Gasteiger partial charge on any atom is 0.264 e. The molecular formula is C29H31Cl4N3O4S. The average Bonchev–Trinajstić information content (AvgIpc) is 2.89. The van der Waals surface area contributed by atoms with E-state index in [1.165, 1.54) is 35.2 Å². The van der Waals surface area contributed by atoms with Crippen LogP contribution in [0.3, 0.4) is 0 Å². The molecule has 0 bridgehead atoms. The highest BCUT2D eigenvalue weighted by Gasteiger charge is 2.35. The Balaban J connectivity index is 2.11. The van der Waals surface area contributed by atoms with E-state index in [-0.39, 0.29) is 39.5 Å². The molecule has 0 aliphatic rings. The Kier molecular flexibility index (Phi) is 11.0. The monoisotopic (exact) mass is 657 g/mol. The largest absolute Gasteiger partial charge is 0.350 e. The first-order chi connectivity index (χ1) is 19.1. The molecule has 1 atom stereocenters. The summed E-state index contributed by atoms with van der Waals surface area (Å²) in [5, 5.41) is 3.98. The lowest BCUT2D eigenvalue weighted by Gasteiger charge is -2.35. The first kappa shape index (κ1) is 33.0. The zero-order valence-electron chi connectivity index (χ0n) is 23.0. The molecular weight excluding hydrogens is 628 g/mol. The number of nitrogens with zero attached hydrogens (tertiary/aromatic N) is 2. The summed E-state index contributed by atoms with van der Waals surface area (Å²) in [4.78, 5) is 28.8. The molecule has 1 N–H and O–H groups in total. The van der Waals surface area contributed by atoms with Crippen LogP contribution in [0.25, 0.3) is 0 Å². The number of carbonyl (C=O) groups is 2. The minimum atomic E-state index is -4.24. The van der Waals surface area contributed by atoms with Gasteiger partial charge < -0.3 is 10.2 Å². The number of sulfonamides is 1. The van der Waals surface area contributed by atoms with E-state index in [1.807, 2.05) is 20.8 Å². The molecule has 3 aromatic rings. The van der Waals surface area contributed by atoms with Crippen molar-refractivity contribution in [3.05, 3.63) is 92.4 Å². The van der Waals surface area contributed by atoms with Gasteiger partial charge in [-0.1, -0.05) is 77.6 Å². The predicted molar refractivity (Wildman–Crippen MR) is 166 cm³/mol. The summed E-state index contributed by atoms with van der Waals surface area (Å²) in [5.74, 6) is -1.01.